The Labute approximate surface area is 137 Å². The zero-order chi connectivity index (χ0) is 16.1. The largest absolute Gasteiger partial charge is 0.324 e. The summed E-state index contributed by atoms with van der Waals surface area (Å²) in [4.78, 5) is 10.4. The molecule has 4 nitrogen and oxygen atoms in total. The fraction of sp³-hybridized carbons (Fsp3) is 0.316. The minimum atomic E-state index is 0.458. The Bertz CT molecular complexity index is 667. The summed E-state index contributed by atoms with van der Waals surface area (Å²) in [6, 6.07) is 18.5. The number of nitrogens with one attached hydrogen (secondary N) is 1. The summed E-state index contributed by atoms with van der Waals surface area (Å²) in [6.07, 6.45) is 0. The minimum absolute atomic E-state index is 0.458. The molecule has 1 heterocycles. The second kappa shape index (κ2) is 7.29. The number of hydroxylamine groups is 2. The number of hydrogen-bond acceptors (Lipinski definition) is 4. The summed E-state index contributed by atoms with van der Waals surface area (Å²) in [5.74, 6) is 1.24. The standard InChI is InChI=1S/C19H23N3O/c1-15(2)17-10-6-7-11-18(17)21-19-20-12-13-22(19)23-14-16-8-4-3-5-9-16/h3-11,15H,12-14H2,1-2H3,(H,20,21). The van der Waals surface area contributed by atoms with Crippen LogP contribution in [0.1, 0.15) is 30.9 Å². The van der Waals surface area contributed by atoms with Crippen LogP contribution < -0.4 is 5.32 Å². The first-order valence-corrected chi connectivity index (χ1v) is 8.09. The van der Waals surface area contributed by atoms with Crippen LogP contribution in [0.3, 0.4) is 0 Å². The van der Waals surface area contributed by atoms with E-state index in [9.17, 15) is 0 Å². The highest BCUT2D eigenvalue weighted by Gasteiger charge is 2.19. The molecule has 2 aromatic rings. The Morgan fingerprint density at radius 3 is 2.61 bits per heavy atom. The quantitative estimate of drug-likeness (QED) is 0.906. The highest BCUT2D eigenvalue weighted by Crippen LogP contribution is 2.24. The average molecular weight is 309 g/mol. The van der Waals surface area contributed by atoms with Crippen molar-refractivity contribution in [3.63, 3.8) is 0 Å². The van der Waals surface area contributed by atoms with Crippen molar-refractivity contribution in [2.75, 3.05) is 18.4 Å². The first-order valence-electron chi connectivity index (χ1n) is 8.09. The Morgan fingerprint density at radius 2 is 1.83 bits per heavy atom. The summed E-state index contributed by atoms with van der Waals surface area (Å²) in [6.45, 7) is 6.47. The van der Waals surface area contributed by atoms with E-state index in [2.05, 4.69) is 54.5 Å². The van der Waals surface area contributed by atoms with Crippen LogP contribution in [-0.2, 0) is 11.4 Å². The number of aliphatic imine (C=N–C) groups is 1. The average Bonchev–Trinajstić information content (AvgIpc) is 3.01. The second-order valence-corrected chi connectivity index (χ2v) is 5.93. The Hall–Kier alpha value is -2.33. The fourth-order valence-electron chi connectivity index (χ4n) is 2.62. The molecule has 2 aromatic carbocycles. The molecule has 0 atom stereocenters. The molecule has 0 bridgehead atoms. The van der Waals surface area contributed by atoms with Crippen LogP contribution >= 0.6 is 0 Å². The number of anilines is 1. The lowest BCUT2D eigenvalue weighted by Gasteiger charge is -2.22. The SMILES string of the molecule is CC(C)c1ccccc1NC1=NCCN1OCc1ccccc1. The topological polar surface area (TPSA) is 36.9 Å². The van der Waals surface area contributed by atoms with Gasteiger partial charge in [-0.05, 0) is 23.1 Å². The monoisotopic (exact) mass is 309 g/mol. The molecule has 0 unspecified atom stereocenters. The van der Waals surface area contributed by atoms with Gasteiger partial charge in [-0.25, -0.2) is 10.1 Å². The number of nitrogens with zero attached hydrogens (tertiary/aromatic N) is 2. The maximum Gasteiger partial charge on any atom is 0.223 e. The van der Waals surface area contributed by atoms with Gasteiger partial charge >= 0.3 is 0 Å². The highest BCUT2D eigenvalue weighted by molar-refractivity contribution is 5.94. The maximum absolute atomic E-state index is 5.91. The predicted octanol–water partition coefficient (Wildman–Crippen LogP) is 4.03. The molecular weight excluding hydrogens is 286 g/mol. The molecule has 1 aliphatic rings. The molecule has 0 aromatic heterocycles. The van der Waals surface area contributed by atoms with Gasteiger partial charge in [-0.3, -0.25) is 4.84 Å². The smallest absolute Gasteiger partial charge is 0.223 e. The Morgan fingerprint density at radius 1 is 1.09 bits per heavy atom. The van der Waals surface area contributed by atoms with Crippen LogP contribution in [0, 0.1) is 0 Å². The lowest BCUT2D eigenvalue weighted by atomic mass is 10.0. The summed E-state index contributed by atoms with van der Waals surface area (Å²) in [5, 5.41) is 5.28. The van der Waals surface area contributed by atoms with E-state index >= 15 is 0 Å². The van der Waals surface area contributed by atoms with Crippen molar-refractivity contribution in [2.24, 2.45) is 4.99 Å². The minimum Gasteiger partial charge on any atom is -0.324 e. The molecule has 1 aliphatic heterocycles. The van der Waals surface area contributed by atoms with Crippen LogP contribution in [0.4, 0.5) is 5.69 Å². The first kappa shape index (κ1) is 15.6. The molecule has 3 rings (SSSR count). The number of benzene rings is 2. The fourth-order valence-corrected chi connectivity index (χ4v) is 2.62. The normalized spacial score (nSPS) is 14.2. The number of hydrogen-bond donors (Lipinski definition) is 1. The predicted molar refractivity (Wildman–Crippen MR) is 94.4 cm³/mol. The summed E-state index contributed by atoms with van der Waals surface area (Å²) >= 11 is 0. The Balaban J connectivity index is 1.66. The molecule has 4 heteroatoms. The lowest BCUT2D eigenvalue weighted by Crippen LogP contribution is -2.33. The molecule has 1 N–H and O–H groups in total. The molecule has 0 saturated heterocycles. The molecule has 23 heavy (non-hydrogen) atoms. The third-order valence-corrected chi connectivity index (χ3v) is 3.86. The van der Waals surface area contributed by atoms with E-state index in [1.54, 1.807) is 0 Å². The van der Waals surface area contributed by atoms with Crippen molar-refractivity contribution in [2.45, 2.75) is 26.4 Å². The zero-order valence-corrected chi connectivity index (χ0v) is 13.7. The molecule has 0 amide bonds. The third-order valence-electron chi connectivity index (χ3n) is 3.86. The number of rotatable bonds is 5. The van der Waals surface area contributed by atoms with Crippen LogP contribution in [-0.4, -0.2) is 24.1 Å². The van der Waals surface area contributed by atoms with Crippen LogP contribution in [0.5, 0.6) is 0 Å². The van der Waals surface area contributed by atoms with E-state index in [1.165, 1.54) is 5.56 Å². The molecule has 0 radical (unpaired) electrons. The van der Waals surface area contributed by atoms with Crippen LogP contribution in [0.25, 0.3) is 0 Å². The third kappa shape index (κ3) is 3.90. The highest BCUT2D eigenvalue weighted by atomic mass is 16.7. The van der Waals surface area contributed by atoms with Gasteiger partial charge in [0.25, 0.3) is 0 Å². The molecule has 0 fully saturated rings. The summed E-state index contributed by atoms with van der Waals surface area (Å²) in [7, 11) is 0. The van der Waals surface area contributed by atoms with Crippen molar-refractivity contribution < 1.29 is 4.84 Å². The number of para-hydroxylation sites is 1. The lowest BCUT2D eigenvalue weighted by molar-refractivity contribution is -0.103. The van der Waals surface area contributed by atoms with Crippen molar-refractivity contribution in [1.82, 2.24) is 5.06 Å². The van der Waals surface area contributed by atoms with Gasteiger partial charge in [-0.1, -0.05) is 62.4 Å². The summed E-state index contributed by atoms with van der Waals surface area (Å²) < 4.78 is 0. The van der Waals surface area contributed by atoms with E-state index in [-0.39, 0.29) is 0 Å². The molecule has 0 aliphatic carbocycles. The van der Waals surface area contributed by atoms with Crippen molar-refractivity contribution in [1.29, 1.82) is 0 Å². The van der Waals surface area contributed by atoms with Gasteiger partial charge in [-0.2, -0.15) is 0 Å². The van der Waals surface area contributed by atoms with E-state index in [1.807, 2.05) is 29.3 Å². The van der Waals surface area contributed by atoms with E-state index in [4.69, 9.17) is 4.84 Å². The first-order chi connectivity index (χ1) is 11.2. The maximum atomic E-state index is 5.91. The van der Waals surface area contributed by atoms with Crippen molar-refractivity contribution in [3.05, 3.63) is 65.7 Å². The zero-order valence-electron chi connectivity index (χ0n) is 13.7. The van der Waals surface area contributed by atoms with Gasteiger partial charge < -0.3 is 5.32 Å². The second-order valence-electron chi connectivity index (χ2n) is 5.93. The molecule has 120 valence electrons. The van der Waals surface area contributed by atoms with Crippen molar-refractivity contribution in [3.8, 4) is 0 Å². The van der Waals surface area contributed by atoms with E-state index in [0.29, 0.717) is 12.5 Å². The van der Waals surface area contributed by atoms with Gasteiger partial charge in [0.2, 0.25) is 5.96 Å². The van der Waals surface area contributed by atoms with Gasteiger partial charge in [-0.15, -0.1) is 0 Å². The van der Waals surface area contributed by atoms with Gasteiger partial charge in [0.1, 0.15) is 6.61 Å². The molecule has 0 spiro atoms. The summed E-state index contributed by atoms with van der Waals surface area (Å²) in [5.41, 5.74) is 3.53. The number of guanidine groups is 1. The van der Waals surface area contributed by atoms with Gasteiger partial charge in [0.05, 0.1) is 13.1 Å². The van der Waals surface area contributed by atoms with Crippen LogP contribution in [0.15, 0.2) is 59.6 Å². The molecule has 0 saturated carbocycles. The van der Waals surface area contributed by atoms with Gasteiger partial charge in [0.15, 0.2) is 0 Å². The van der Waals surface area contributed by atoms with Gasteiger partial charge in [0, 0.05) is 5.69 Å². The Kier molecular flexibility index (Phi) is 4.93. The van der Waals surface area contributed by atoms with Crippen molar-refractivity contribution >= 4 is 11.6 Å². The van der Waals surface area contributed by atoms with Crippen LogP contribution in [0.2, 0.25) is 0 Å². The molecular formula is C19H23N3O. The van der Waals surface area contributed by atoms with E-state index in [0.717, 1.165) is 30.3 Å². The van der Waals surface area contributed by atoms with E-state index < -0.39 is 0 Å².